The molecule has 1 rings (SSSR count). The van der Waals surface area contributed by atoms with Crippen molar-refractivity contribution >= 4 is 21.6 Å². The number of nitrogens with two attached hydrogens (primary N) is 1. The summed E-state index contributed by atoms with van der Waals surface area (Å²) in [6.07, 6.45) is 6.74. The molecule has 0 aliphatic rings. The minimum Gasteiger partial charge on any atom is -0.491 e. The van der Waals surface area contributed by atoms with Crippen molar-refractivity contribution < 1.29 is 4.74 Å². The Morgan fingerprint density at radius 2 is 2.27 bits per heavy atom. The number of ether oxygens (including phenoxy) is 1. The topological polar surface area (TPSA) is 35.2 Å². The molecule has 0 fully saturated rings. The van der Waals surface area contributed by atoms with Gasteiger partial charge in [0.25, 0.3) is 0 Å². The first-order valence-electron chi connectivity index (χ1n) is 4.77. The van der Waals surface area contributed by atoms with Gasteiger partial charge in [-0.25, -0.2) is 0 Å². The van der Waals surface area contributed by atoms with E-state index in [4.69, 9.17) is 16.9 Å². The molecule has 0 bridgehead atoms. The van der Waals surface area contributed by atoms with Crippen LogP contribution in [0.4, 0.5) is 5.69 Å². The van der Waals surface area contributed by atoms with E-state index in [1.165, 1.54) is 0 Å². The number of nitrogen functional groups attached to an aromatic ring is 1. The highest BCUT2D eigenvalue weighted by atomic mass is 79.9. The second kappa shape index (κ2) is 5.67. The van der Waals surface area contributed by atoms with Crippen LogP contribution in [0.15, 0.2) is 16.6 Å². The molecule has 3 heteroatoms. The molecule has 0 amide bonds. The number of unbranched alkanes of at least 4 members (excludes halogenated alkanes) is 1. The van der Waals surface area contributed by atoms with Gasteiger partial charge in [0.05, 0.1) is 12.3 Å². The summed E-state index contributed by atoms with van der Waals surface area (Å²) in [5, 5.41) is 0. The number of hydrogen-bond donors (Lipinski definition) is 1. The van der Waals surface area contributed by atoms with Crippen molar-refractivity contribution in [2.24, 2.45) is 0 Å². The van der Waals surface area contributed by atoms with Crippen molar-refractivity contribution in [3.63, 3.8) is 0 Å². The quantitative estimate of drug-likeness (QED) is 0.517. The zero-order chi connectivity index (χ0) is 11.3. The van der Waals surface area contributed by atoms with Crippen LogP contribution in [0.3, 0.4) is 0 Å². The fourth-order valence-electron chi connectivity index (χ4n) is 1.30. The van der Waals surface area contributed by atoms with Crippen LogP contribution in [-0.4, -0.2) is 6.61 Å². The molecule has 0 aliphatic heterocycles. The van der Waals surface area contributed by atoms with E-state index in [1.807, 2.05) is 19.1 Å². The van der Waals surface area contributed by atoms with Crippen molar-refractivity contribution in [3.05, 3.63) is 22.2 Å². The highest BCUT2D eigenvalue weighted by Gasteiger charge is 2.05. The Bertz CT molecular complexity index is 359. The monoisotopic (exact) mass is 267 g/mol. The lowest BCUT2D eigenvalue weighted by atomic mass is 10.2. The SMILES string of the molecule is C#CCCCOc1c(C)cc(Br)cc1N. The first-order chi connectivity index (χ1) is 7.15. The Balaban J connectivity index is 2.65. The minimum absolute atomic E-state index is 0.608. The smallest absolute Gasteiger partial charge is 0.145 e. The predicted molar refractivity (Wildman–Crippen MR) is 66.9 cm³/mol. The molecule has 2 nitrogen and oxygen atoms in total. The molecule has 0 heterocycles. The molecule has 0 aromatic heterocycles. The van der Waals surface area contributed by atoms with Crippen molar-refractivity contribution in [1.82, 2.24) is 0 Å². The summed E-state index contributed by atoms with van der Waals surface area (Å²) in [7, 11) is 0. The fraction of sp³-hybridized carbons (Fsp3) is 0.333. The van der Waals surface area contributed by atoms with Crippen LogP contribution in [-0.2, 0) is 0 Å². The van der Waals surface area contributed by atoms with E-state index in [-0.39, 0.29) is 0 Å². The maximum absolute atomic E-state index is 5.84. The lowest BCUT2D eigenvalue weighted by Gasteiger charge is -2.11. The Hall–Kier alpha value is -1.14. The van der Waals surface area contributed by atoms with Gasteiger partial charge in [-0.15, -0.1) is 12.3 Å². The molecule has 1 aromatic rings. The Kier molecular flexibility index (Phi) is 4.51. The van der Waals surface area contributed by atoms with Crippen molar-refractivity contribution in [2.45, 2.75) is 19.8 Å². The van der Waals surface area contributed by atoms with Crippen LogP contribution in [0, 0.1) is 19.3 Å². The normalized spacial score (nSPS) is 9.67. The third kappa shape index (κ3) is 3.49. The van der Waals surface area contributed by atoms with Gasteiger partial charge in [-0.05, 0) is 31.0 Å². The van der Waals surface area contributed by atoms with Crippen LogP contribution >= 0.6 is 15.9 Å². The molecule has 2 N–H and O–H groups in total. The molecule has 0 unspecified atom stereocenters. The van der Waals surface area contributed by atoms with Gasteiger partial charge in [-0.1, -0.05) is 15.9 Å². The molecular weight excluding hydrogens is 254 g/mol. The molecule has 0 aliphatic carbocycles. The number of rotatable bonds is 4. The summed E-state index contributed by atoms with van der Waals surface area (Å²) in [5.41, 5.74) is 7.53. The Labute approximate surface area is 98.9 Å². The van der Waals surface area contributed by atoms with Crippen molar-refractivity contribution in [1.29, 1.82) is 0 Å². The second-order valence-electron chi connectivity index (χ2n) is 3.30. The molecule has 0 atom stereocenters. The molecule has 0 saturated heterocycles. The third-order valence-corrected chi connectivity index (χ3v) is 2.44. The number of hydrogen-bond acceptors (Lipinski definition) is 2. The number of halogens is 1. The number of benzene rings is 1. The lowest BCUT2D eigenvalue weighted by molar-refractivity contribution is 0.312. The molecule has 0 spiro atoms. The van der Waals surface area contributed by atoms with E-state index in [0.29, 0.717) is 12.3 Å². The van der Waals surface area contributed by atoms with E-state index in [0.717, 1.165) is 28.6 Å². The fourth-order valence-corrected chi connectivity index (χ4v) is 1.89. The first kappa shape index (κ1) is 11.9. The van der Waals surface area contributed by atoms with Crippen LogP contribution in [0.5, 0.6) is 5.75 Å². The average Bonchev–Trinajstić information content (AvgIpc) is 2.15. The summed E-state index contributed by atoms with van der Waals surface area (Å²) >= 11 is 3.38. The van der Waals surface area contributed by atoms with E-state index in [1.54, 1.807) is 0 Å². The van der Waals surface area contributed by atoms with E-state index in [2.05, 4.69) is 21.9 Å². The van der Waals surface area contributed by atoms with Crippen LogP contribution in [0.2, 0.25) is 0 Å². The van der Waals surface area contributed by atoms with Gasteiger partial charge in [-0.3, -0.25) is 0 Å². The first-order valence-corrected chi connectivity index (χ1v) is 5.56. The maximum Gasteiger partial charge on any atom is 0.145 e. The molecular formula is C12H14BrNO. The summed E-state index contributed by atoms with van der Waals surface area (Å²) < 4.78 is 6.55. The molecule has 1 aromatic carbocycles. The zero-order valence-electron chi connectivity index (χ0n) is 8.72. The predicted octanol–water partition coefficient (Wildman–Crippen LogP) is 3.13. The van der Waals surface area contributed by atoms with E-state index < -0.39 is 0 Å². The van der Waals surface area contributed by atoms with Gasteiger partial charge in [0.15, 0.2) is 0 Å². The van der Waals surface area contributed by atoms with Crippen LogP contribution in [0.25, 0.3) is 0 Å². The highest BCUT2D eigenvalue weighted by Crippen LogP contribution is 2.30. The van der Waals surface area contributed by atoms with Crippen molar-refractivity contribution in [3.8, 4) is 18.1 Å². The Morgan fingerprint density at radius 1 is 1.53 bits per heavy atom. The van der Waals surface area contributed by atoms with Crippen molar-refractivity contribution in [2.75, 3.05) is 12.3 Å². The minimum atomic E-state index is 0.608. The lowest BCUT2D eigenvalue weighted by Crippen LogP contribution is -2.02. The van der Waals surface area contributed by atoms with Crippen LogP contribution < -0.4 is 10.5 Å². The Morgan fingerprint density at radius 3 is 2.87 bits per heavy atom. The van der Waals surface area contributed by atoms with Gasteiger partial charge in [0, 0.05) is 10.9 Å². The van der Waals surface area contributed by atoms with Gasteiger partial charge in [0.1, 0.15) is 5.75 Å². The number of anilines is 1. The summed E-state index contributed by atoms with van der Waals surface area (Å²) in [4.78, 5) is 0. The van der Waals surface area contributed by atoms with Gasteiger partial charge in [-0.2, -0.15) is 0 Å². The second-order valence-corrected chi connectivity index (χ2v) is 4.21. The van der Waals surface area contributed by atoms with Gasteiger partial charge < -0.3 is 10.5 Å². The van der Waals surface area contributed by atoms with Crippen LogP contribution in [0.1, 0.15) is 18.4 Å². The number of aryl methyl sites for hydroxylation is 1. The molecule has 0 saturated carbocycles. The summed E-state index contributed by atoms with van der Waals surface area (Å²) in [6.45, 7) is 2.58. The van der Waals surface area contributed by atoms with Gasteiger partial charge >= 0.3 is 0 Å². The molecule has 80 valence electrons. The number of terminal acetylenes is 1. The van der Waals surface area contributed by atoms with E-state index >= 15 is 0 Å². The van der Waals surface area contributed by atoms with E-state index in [9.17, 15) is 0 Å². The summed E-state index contributed by atoms with van der Waals surface area (Å²) in [5.74, 6) is 3.33. The third-order valence-electron chi connectivity index (χ3n) is 1.98. The highest BCUT2D eigenvalue weighted by molar-refractivity contribution is 9.10. The van der Waals surface area contributed by atoms with Gasteiger partial charge in [0.2, 0.25) is 0 Å². The molecule has 15 heavy (non-hydrogen) atoms. The summed E-state index contributed by atoms with van der Waals surface area (Å²) in [6, 6.07) is 3.82. The standard InChI is InChI=1S/C12H14BrNO/c1-3-4-5-6-15-12-9(2)7-10(13)8-11(12)14/h1,7-8H,4-6,14H2,2H3. The zero-order valence-corrected chi connectivity index (χ0v) is 10.3. The maximum atomic E-state index is 5.84. The average molecular weight is 268 g/mol. The molecule has 0 radical (unpaired) electrons. The largest absolute Gasteiger partial charge is 0.491 e.